The lowest BCUT2D eigenvalue weighted by Crippen LogP contribution is -2.31. The number of carbonyl (C=O) groups excluding carboxylic acids is 4. The minimum absolute atomic E-state index is 0.0220. The lowest BCUT2D eigenvalue weighted by Gasteiger charge is -2.13. The summed E-state index contributed by atoms with van der Waals surface area (Å²) in [6.07, 6.45) is 4.29. The van der Waals surface area contributed by atoms with Gasteiger partial charge in [-0.15, -0.1) is 0 Å². The molecule has 32 heavy (non-hydrogen) atoms. The second kappa shape index (κ2) is 11.4. The second-order valence-electron chi connectivity index (χ2n) is 6.99. The molecule has 0 spiro atoms. The third kappa shape index (κ3) is 7.04. The van der Waals surface area contributed by atoms with E-state index in [2.05, 4.69) is 10.6 Å². The molecule has 1 aliphatic rings. The number of hydrogen-bond acceptors (Lipinski definition) is 6. The Bertz CT molecular complexity index is 952. The van der Waals surface area contributed by atoms with E-state index in [1.54, 1.807) is 0 Å². The number of rotatable bonds is 12. The minimum Gasteiger partial charge on any atom is -0.478 e. The van der Waals surface area contributed by atoms with E-state index in [4.69, 9.17) is 5.11 Å². The highest BCUT2D eigenvalue weighted by atomic mass is 16.4. The van der Waals surface area contributed by atoms with Crippen LogP contribution in [0.1, 0.15) is 52.8 Å². The number of imide groups is 1. The van der Waals surface area contributed by atoms with Gasteiger partial charge in [0.2, 0.25) is 11.8 Å². The molecule has 0 fully saturated rings. The van der Waals surface area contributed by atoms with Crippen molar-refractivity contribution in [3.05, 3.63) is 41.5 Å². The summed E-state index contributed by atoms with van der Waals surface area (Å²) < 4.78 is 0. The van der Waals surface area contributed by atoms with Crippen LogP contribution in [0.25, 0.3) is 0 Å². The van der Waals surface area contributed by atoms with Crippen LogP contribution in [0.15, 0.2) is 30.4 Å². The Morgan fingerprint density at radius 3 is 2.16 bits per heavy atom. The van der Waals surface area contributed by atoms with Crippen LogP contribution >= 0.6 is 0 Å². The molecule has 0 atom stereocenters. The molecule has 0 unspecified atom stereocenters. The van der Waals surface area contributed by atoms with Crippen molar-refractivity contribution < 1.29 is 39.0 Å². The molecule has 0 saturated carbocycles. The number of carboxylic acids is 2. The third-order valence-electron chi connectivity index (χ3n) is 4.63. The van der Waals surface area contributed by atoms with E-state index in [9.17, 15) is 33.9 Å². The van der Waals surface area contributed by atoms with Gasteiger partial charge in [-0.25, -0.2) is 9.59 Å². The zero-order valence-corrected chi connectivity index (χ0v) is 17.1. The lowest BCUT2D eigenvalue weighted by atomic mass is 10.1. The van der Waals surface area contributed by atoms with Crippen LogP contribution in [0.5, 0.6) is 0 Å². The predicted molar refractivity (Wildman–Crippen MR) is 111 cm³/mol. The highest BCUT2D eigenvalue weighted by Crippen LogP contribution is 2.18. The number of aromatic carboxylic acids is 2. The molecule has 11 heteroatoms. The Hall–Kier alpha value is -4.02. The van der Waals surface area contributed by atoms with Gasteiger partial charge in [-0.3, -0.25) is 24.1 Å². The maximum absolute atomic E-state index is 12.1. The predicted octanol–water partition coefficient (Wildman–Crippen LogP) is 1.01. The smallest absolute Gasteiger partial charge is 0.337 e. The fourth-order valence-electron chi connectivity index (χ4n) is 2.97. The number of carbonyl (C=O) groups is 6. The molecule has 4 N–H and O–H groups in total. The minimum atomic E-state index is -1.32. The summed E-state index contributed by atoms with van der Waals surface area (Å²) in [5.74, 6) is -4.11. The molecule has 0 saturated heterocycles. The molecular weight excluding hydrogens is 422 g/mol. The highest BCUT2D eigenvalue weighted by Gasteiger charge is 2.22. The number of anilines is 1. The van der Waals surface area contributed by atoms with Gasteiger partial charge in [0.25, 0.3) is 11.8 Å². The molecule has 0 radical (unpaired) electrons. The van der Waals surface area contributed by atoms with E-state index in [-0.39, 0.29) is 53.9 Å². The summed E-state index contributed by atoms with van der Waals surface area (Å²) in [6.45, 7) is 0.321. The van der Waals surface area contributed by atoms with Crippen LogP contribution in [0.4, 0.5) is 5.69 Å². The Kier molecular flexibility index (Phi) is 8.63. The molecule has 0 aliphatic carbocycles. The number of nitrogens with one attached hydrogen (secondary N) is 2. The first kappa shape index (κ1) is 24.3. The van der Waals surface area contributed by atoms with Crippen LogP contribution in [0, 0.1) is 0 Å². The second-order valence-corrected chi connectivity index (χ2v) is 6.99. The number of carboxylic acid groups (broad SMARTS) is 2. The van der Waals surface area contributed by atoms with Crippen LogP contribution in [-0.2, 0) is 19.2 Å². The van der Waals surface area contributed by atoms with Crippen LogP contribution in [0.2, 0.25) is 0 Å². The van der Waals surface area contributed by atoms with E-state index in [0.717, 1.165) is 23.1 Å². The fraction of sp³-hybridized carbons (Fsp3) is 0.333. The molecule has 11 nitrogen and oxygen atoms in total. The van der Waals surface area contributed by atoms with Crippen molar-refractivity contribution in [1.29, 1.82) is 0 Å². The molecule has 4 amide bonds. The average molecular weight is 445 g/mol. The van der Waals surface area contributed by atoms with Crippen molar-refractivity contribution in [1.82, 2.24) is 10.2 Å². The van der Waals surface area contributed by atoms with Crippen molar-refractivity contribution in [2.24, 2.45) is 0 Å². The van der Waals surface area contributed by atoms with E-state index in [1.165, 1.54) is 12.2 Å². The average Bonchev–Trinajstić information content (AvgIpc) is 3.05. The van der Waals surface area contributed by atoms with Crippen LogP contribution in [-0.4, -0.2) is 63.8 Å². The largest absolute Gasteiger partial charge is 0.478 e. The van der Waals surface area contributed by atoms with Gasteiger partial charge < -0.3 is 20.8 Å². The van der Waals surface area contributed by atoms with Crippen molar-refractivity contribution >= 4 is 41.3 Å². The van der Waals surface area contributed by atoms with Gasteiger partial charge in [-0.05, 0) is 31.0 Å². The van der Waals surface area contributed by atoms with Gasteiger partial charge in [-0.2, -0.15) is 0 Å². The van der Waals surface area contributed by atoms with Gasteiger partial charge in [0.1, 0.15) is 0 Å². The van der Waals surface area contributed by atoms with Crippen molar-refractivity contribution in [3.8, 4) is 0 Å². The summed E-state index contributed by atoms with van der Waals surface area (Å²) in [5, 5.41) is 23.1. The van der Waals surface area contributed by atoms with E-state index in [0.29, 0.717) is 25.8 Å². The van der Waals surface area contributed by atoms with E-state index >= 15 is 0 Å². The molecule has 1 aromatic rings. The number of nitrogens with zero attached hydrogens (tertiary/aromatic N) is 1. The van der Waals surface area contributed by atoms with Crippen LogP contribution < -0.4 is 10.6 Å². The van der Waals surface area contributed by atoms with Crippen molar-refractivity contribution in [2.75, 3.05) is 18.4 Å². The Morgan fingerprint density at radius 1 is 0.844 bits per heavy atom. The summed E-state index contributed by atoms with van der Waals surface area (Å²) in [6, 6.07) is 3.27. The summed E-state index contributed by atoms with van der Waals surface area (Å²) >= 11 is 0. The zero-order valence-electron chi connectivity index (χ0n) is 17.1. The first-order chi connectivity index (χ1) is 15.2. The Balaban J connectivity index is 1.67. The summed E-state index contributed by atoms with van der Waals surface area (Å²) in [4.78, 5) is 70.2. The normalized spacial score (nSPS) is 12.7. The first-order valence-electron chi connectivity index (χ1n) is 9.89. The maximum atomic E-state index is 12.1. The molecule has 170 valence electrons. The number of unbranched alkanes of at least 4 members (excludes halogenated alkanes) is 2. The van der Waals surface area contributed by atoms with Crippen LogP contribution in [0.3, 0.4) is 0 Å². The molecule has 0 bridgehead atoms. The molecule has 0 aromatic heterocycles. The topological polar surface area (TPSA) is 170 Å². The Labute approximate surface area is 183 Å². The standard InChI is InChI=1S/C21H23N3O8/c25-16(4-2-1-3-11-24-18(27)7-8-19(24)28)22-10-9-17(26)23-15-12-13(20(29)30)5-6-14(15)21(31)32/h5-8,12H,1-4,9-11H2,(H,22,25)(H,23,26)(H,29,30)(H,31,32). The van der Waals surface area contributed by atoms with Gasteiger partial charge >= 0.3 is 11.9 Å². The number of amides is 4. The van der Waals surface area contributed by atoms with Gasteiger partial charge in [0.15, 0.2) is 0 Å². The van der Waals surface area contributed by atoms with E-state index < -0.39 is 17.8 Å². The maximum Gasteiger partial charge on any atom is 0.337 e. The highest BCUT2D eigenvalue weighted by molar-refractivity contribution is 6.12. The van der Waals surface area contributed by atoms with Gasteiger partial charge in [-0.1, -0.05) is 6.42 Å². The van der Waals surface area contributed by atoms with Gasteiger partial charge in [0, 0.05) is 38.1 Å². The number of benzene rings is 1. The first-order valence-corrected chi connectivity index (χ1v) is 9.89. The molecule has 2 rings (SSSR count). The van der Waals surface area contributed by atoms with Gasteiger partial charge in [0.05, 0.1) is 16.8 Å². The third-order valence-corrected chi connectivity index (χ3v) is 4.63. The SMILES string of the molecule is O=C(CCCCCN1C(=O)C=CC1=O)NCCC(=O)Nc1cc(C(=O)O)ccc1C(=O)O. The Morgan fingerprint density at radius 2 is 1.53 bits per heavy atom. The zero-order chi connectivity index (χ0) is 23.7. The molecular formula is C21H23N3O8. The number of hydrogen-bond donors (Lipinski definition) is 4. The van der Waals surface area contributed by atoms with Crippen molar-refractivity contribution in [2.45, 2.75) is 32.1 Å². The quantitative estimate of drug-likeness (QED) is 0.273. The monoisotopic (exact) mass is 445 g/mol. The fourth-order valence-corrected chi connectivity index (χ4v) is 2.97. The molecule has 1 aromatic carbocycles. The summed E-state index contributed by atoms with van der Waals surface area (Å²) in [5.41, 5.74) is -0.562. The van der Waals surface area contributed by atoms with E-state index in [1.807, 2.05) is 0 Å². The molecule has 1 heterocycles. The lowest BCUT2D eigenvalue weighted by molar-refractivity contribution is -0.137. The van der Waals surface area contributed by atoms with Crippen molar-refractivity contribution in [3.63, 3.8) is 0 Å². The molecule has 1 aliphatic heterocycles. The summed E-state index contributed by atoms with van der Waals surface area (Å²) in [7, 11) is 0.